The zero-order chi connectivity index (χ0) is 4.71. The number of hydrogen-bond acceptors (Lipinski definition) is 3. The molecular formula is H6KN2O2P. The van der Waals surface area contributed by atoms with Gasteiger partial charge in [0, 0.05) is 0 Å². The molecule has 34 valence electrons. The van der Waals surface area contributed by atoms with Crippen molar-refractivity contribution >= 4 is 9.39 Å². The van der Waals surface area contributed by atoms with Gasteiger partial charge in [-0.05, 0) is 0 Å². The third kappa shape index (κ3) is 52.3. The number of nitrogens with zero attached hydrogens (tertiary/aromatic N) is 1. The number of hydrogen-bond donors (Lipinski definition) is 2. The zero-order valence-electron chi connectivity index (χ0n) is 4.46. The van der Waals surface area contributed by atoms with Crippen molar-refractivity contribution in [2.75, 3.05) is 0 Å². The average Bonchev–Trinajstić information content (AvgIpc) is 1.46. The van der Waals surface area contributed by atoms with Crippen LogP contribution in [0.5, 0.6) is 0 Å². The molecule has 0 saturated carbocycles. The van der Waals surface area contributed by atoms with Gasteiger partial charge in [0.15, 0.2) is 5.34 Å². The second-order valence-electron chi connectivity index (χ2n) is 0.0816. The molecule has 0 aliphatic heterocycles. The van der Waals surface area contributed by atoms with Crippen molar-refractivity contribution in [2.45, 2.75) is 0 Å². The first-order valence-corrected chi connectivity index (χ1v) is 1.38. The Hall–Kier alpha value is 1.43. The number of nitrogens with two attached hydrogens (primary N) is 1. The van der Waals surface area contributed by atoms with E-state index in [1.54, 1.807) is 0 Å². The van der Waals surface area contributed by atoms with Gasteiger partial charge >= 0.3 is 51.4 Å². The molecular weight excluding hydrogens is 130 g/mol. The van der Waals surface area contributed by atoms with Gasteiger partial charge in [0.1, 0.15) is 0 Å². The van der Waals surface area contributed by atoms with Crippen molar-refractivity contribution in [3.8, 4) is 0 Å². The Balaban J connectivity index is -0.0000000105. The van der Waals surface area contributed by atoms with E-state index in [9.17, 15) is 0 Å². The minimum atomic E-state index is 0. The monoisotopic (exact) mass is 136 g/mol. The van der Waals surface area contributed by atoms with Crippen LogP contribution in [0.3, 0.4) is 0 Å². The van der Waals surface area contributed by atoms with Crippen LogP contribution in [-0.2, 0) is 0 Å². The van der Waals surface area contributed by atoms with Gasteiger partial charge in [-0.1, -0.05) is 9.39 Å². The first kappa shape index (κ1) is 15.7. The van der Waals surface area contributed by atoms with Gasteiger partial charge in [-0.3, -0.25) is 0 Å². The van der Waals surface area contributed by atoms with Crippen LogP contribution < -0.4 is 56.9 Å². The van der Waals surface area contributed by atoms with Crippen molar-refractivity contribution in [1.82, 2.24) is 0 Å². The zero-order valence-corrected chi connectivity index (χ0v) is 7.74. The van der Waals surface area contributed by atoms with Crippen LogP contribution in [0.4, 0.5) is 0 Å². The fourth-order valence-corrected chi connectivity index (χ4v) is 0. The summed E-state index contributed by atoms with van der Waals surface area (Å²) < 4.78 is 0. The van der Waals surface area contributed by atoms with E-state index in [0.717, 1.165) is 0 Å². The predicted octanol–water partition coefficient (Wildman–Crippen LogP) is -3.01. The van der Waals surface area contributed by atoms with E-state index in [1.807, 2.05) is 9.39 Å². The van der Waals surface area contributed by atoms with Gasteiger partial charge in [-0.15, -0.1) is 4.91 Å². The SMILES string of the molecule is NP.O=NO.[H-].[K+]. The fraction of sp³-hybridized carbons (Fsp3) is 0. The molecule has 0 aromatic heterocycles. The minimum Gasteiger partial charge on any atom is -1.00 e. The molecule has 0 bridgehead atoms. The van der Waals surface area contributed by atoms with Crippen LogP contribution >= 0.6 is 9.39 Å². The van der Waals surface area contributed by atoms with Crippen LogP contribution in [-0.4, -0.2) is 5.21 Å². The van der Waals surface area contributed by atoms with E-state index < -0.39 is 0 Å². The molecule has 0 aliphatic rings. The summed E-state index contributed by atoms with van der Waals surface area (Å²) in [7, 11) is 1.92. The summed E-state index contributed by atoms with van der Waals surface area (Å²) in [5.74, 6) is 0. The molecule has 0 spiro atoms. The van der Waals surface area contributed by atoms with E-state index in [0.29, 0.717) is 0 Å². The van der Waals surface area contributed by atoms with Crippen LogP contribution in [0.15, 0.2) is 5.34 Å². The second-order valence-corrected chi connectivity index (χ2v) is 0.0816. The van der Waals surface area contributed by atoms with Crippen molar-refractivity contribution in [3.05, 3.63) is 4.91 Å². The molecule has 0 aromatic rings. The molecule has 4 nitrogen and oxygen atoms in total. The van der Waals surface area contributed by atoms with Gasteiger partial charge in [-0.25, -0.2) is 0 Å². The van der Waals surface area contributed by atoms with Crippen molar-refractivity contribution < 1.29 is 58.0 Å². The quantitative estimate of drug-likeness (QED) is 0.161. The fourth-order valence-electron chi connectivity index (χ4n) is 0. The Morgan fingerprint density at radius 2 is 1.83 bits per heavy atom. The predicted molar refractivity (Wildman–Crippen MR) is 22.6 cm³/mol. The summed E-state index contributed by atoms with van der Waals surface area (Å²) in [6, 6.07) is 0. The van der Waals surface area contributed by atoms with Crippen molar-refractivity contribution in [1.29, 1.82) is 0 Å². The summed E-state index contributed by atoms with van der Waals surface area (Å²) in [5, 5.41) is 7.89. The van der Waals surface area contributed by atoms with Crippen LogP contribution in [0, 0.1) is 4.91 Å². The standard InChI is InChI=1S/K.HNO2.H4NP.H/c;2-1-3;1-2;/h;(H,2,3);1-2H2;/q+1;;;-1. The molecule has 6 heavy (non-hydrogen) atoms. The van der Waals surface area contributed by atoms with E-state index in [1.165, 1.54) is 5.34 Å². The maximum Gasteiger partial charge on any atom is 1.00 e. The smallest absolute Gasteiger partial charge is 1.00 e. The summed E-state index contributed by atoms with van der Waals surface area (Å²) in [6.45, 7) is 0. The molecule has 0 amide bonds. The van der Waals surface area contributed by atoms with E-state index in [2.05, 4.69) is 5.50 Å². The van der Waals surface area contributed by atoms with E-state index in [4.69, 9.17) is 10.1 Å². The maximum atomic E-state index is 8.11. The molecule has 0 radical (unpaired) electrons. The molecule has 0 aliphatic carbocycles. The molecule has 0 saturated heterocycles. The molecule has 6 heteroatoms. The molecule has 3 N–H and O–H groups in total. The van der Waals surface area contributed by atoms with Gasteiger partial charge in [0.2, 0.25) is 0 Å². The average molecular weight is 136 g/mol. The summed E-state index contributed by atoms with van der Waals surface area (Å²) in [5.41, 5.74) is 4.42. The van der Waals surface area contributed by atoms with Crippen molar-refractivity contribution in [2.24, 2.45) is 10.8 Å². The molecule has 1 unspecified atom stereocenters. The van der Waals surface area contributed by atoms with E-state index >= 15 is 0 Å². The molecule has 0 heterocycles. The third-order valence-corrected chi connectivity index (χ3v) is 0. The van der Waals surface area contributed by atoms with Crippen LogP contribution in [0.1, 0.15) is 1.43 Å². The maximum absolute atomic E-state index is 8.11. The van der Waals surface area contributed by atoms with Gasteiger partial charge in [-0.2, -0.15) is 0 Å². The summed E-state index contributed by atoms with van der Waals surface area (Å²) in [6.07, 6.45) is 0. The van der Waals surface area contributed by atoms with Gasteiger partial charge < -0.3 is 12.1 Å². The molecule has 0 aromatic carbocycles. The third-order valence-electron chi connectivity index (χ3n) is 0. The Kier molecular flexibility index (Phi) is 83.9. The Morgan fingerprint density at radius 3 is 1.83 bits per heavy atom. The topological polar surface area (TPSA) is 75.7 Å². The largest absolute Gasteiger partial charge is 1.00 e. The minimum absolute atomic E-state index is 0. The van der Waals surface area contributed by atoms with Crippen molar-refractivity contribution in [3.63, 3.8) is 0 Å². The normalized spacial score (nSPS) is 3.00. The second kappa shape index (κ2) is 32.1. The summed E-state index contributed by atoms with van der Waals surface area (Å²) in [4.78, 5) is 8.11. The van der Waals surface area contributed by atoms with Gasteiger partial charge in [0.05, 0.1) is 0 Å². The number of rotatable bonds is 0. The molecule has 1 atom stereocenters. The Morgan fingerprint density at radius 1 is 1.83 bits per heavy atom. The first-order chi connectivity index (χ1) is 2.41. The van der Waals surface area contributed by atoms with Crippen LogP contribution in [0.25, 0.3) is 0 Å². The van der Waals surface area contributed by atoms with E-state index in [-0.39, 0.29) is 52.8 Å². The van der Waals surface area contributed by atoms with Gasteiger partial charge in [0.25, 0.3) is 0 Å². The molecule has 0 rings (SSSR count). The Bertz CT molecular complexity index is 23.2. The molecule has 0 fully saturated rings. The Labute approximate surface area is 82.0 Å². The summed E-state index contributed by atoms with van der Waals surface area (Å²) >= 11 is 0. The van der Waals surface area contributed by atoms with Crippen LogP contribution in [0.2, 0.25) is 0 Å². The first-order valence-electron chi connectivity index (χ1n) is 0.716.